The highest BCUT2D eigenvalue weighted by Crippen LogP contribution is 2.25. The summed E-state index contributed by atoms with van der Waals surface area (Å²) in [6.07, 6.45) is -3.65. The maximum atomic E-state index is 12.7. The number of halogens is 3. The van der Waals surface area contributed by atoms with E-state index in [4.69, 9.17) is 5.26 Å². The summed E-state index contributed by atoms with van der Waals surface area (Å²) in [5.41, 5.74) is -1.50. The molecule has 5 nitrogen and oxygen atoms in total. The van der Waals surface area contributed by atoms with Crippen LogP contribution in [0.3, 0.4) is 0 Å². The SMILES string of the molecule is N#Cc1cccc(CNC(=O)Cn2cccc(C(F)(F)F)c2=O)c1. The first-order valence-electron chi connectivity index (χ1n) is 6.83. The van der Waals surface area contributed by atoms with E-state index >= 15 is 0 Å². The van der Waals surface area contributed by atoms with E-state index in [1.807, 2.05) is 6.07 Å². The van der Waals surface area contributed by atoms with Crippen LogP contribution in [0.4, 0.5) is 13.2 Å². The van der Waals surface area contributed by atoms with Crippen molar-refractivity contribution in [2.75, 3.05) is 0 Å². The van der Waals surface area contributed by atoms with Crippen molar-refractivity contribution < 1.29 is 18.0 Å². The summed E-state index contributed by atoms with van der Waals surface area (Å²) in [6.45, 7) is -0.428. The Bertz CT molecular complexity index is 851. The summed E-state index contributed by atoms with van der Waals surface area (Å²) in [5, 5.41) is 11.3. The van der Waals surface area contributed by atoms with Gasteiger partial charge in [0.1, 0.15) is 12.1 Å². The first-order valence-corrected chi connectivity index (χ1v) is 6.83. The van der Waals surface area contributed by atoms with Gasteiger partial charge in [-0.3, -0.25) is 9.59 Å². The Balaban J connectivity index is 2.05. The second kappa shape index (κ2) is 7.00. The largest absolute Gasteiger partial charge is 0.421 e. The molecule has 8 heteroatoms. The van der Waals surface area contributed by atoms with Crippen LogP contribution in [0.15, 0.2) is 47.4 Å². The molecule has 0 aliphatic carbocycles. The molecule has 0 atom stereocenters. The van der Waals surface area contributed by atoms with Crippen LogP contribution >= 0.6 is 0 Å². The second-order valence-corrected chi connectivity index (χ2v) is 4.94. The van der Waals surface area contributed by atoms with Gasteiger partial charge in [0.2, 0.25) is 5.91 Å². The number of hydrogen-bond donors (Lipinski definition) is 1. The molecule has 0 saturated heterocycles. The normalized spacial score (nSPS) is 10.9. The van der Waals surface area contributed by atoms with E-state index in [0.717, 1.165) is 12.3 Å². The van der Waals surface area contributed by atoms with E-state index in [-0.39, 0.29) is 6.54 Å². The molecule has 0 bridgehead atoms. The summed E-state index contributed by atoms with van der Waals surface area (Å²) < 4.78 is 38.7. The molecule has 24 heavy (non-hydrogen) atoms. The van der Waals surface area contributed by atoms with Gasteiger partial charge in [0.05, 0.1) is 11.6 Å². The van der Waals surface area contributed by atoms with Crippen molar-refractivity contribution >= 4 is 5.91 Å². The van der Waals surface area contributed by atoms with Crippen molar-refractivity contribution in [3.8, 4) is 6.07 Å². The number of nitrogens with zero attached hydrogens (tertiary/aromatic N) is 2. The molecule has 2 rings (SSSR count). The highest BCUT2D eigenvalue weighted by Gasteiger charge is 2.34. The minimum atomic E-state index is -4.77. The third kappa shape index (κ3) is 4.23. The van der Waals surface area contributed by atoms with E-state index in [1.54, 1.807) is 24.3 Å². The van der Waals surface area contributed by atoms with Gasteiger partial charge >= 0.3 is 6.18 Å². The molecule has 124 valence electrons. The summed E-state index contributed by atoms with van der Waals surface area (Å²) in [5.74, 6) is -0.612. The Morgan fingerprint density at radius 2 is 2.00 bits per heavy atom. The molecule has 0 radical (unpaired) electrons. The van der Waals surface area contributed by atoms with E-state index in [1.165, 1.54) is 0 Å². The molecule has 1 N–H and O–H groups in total. The molecule has 0 fully saturated rings. The Kier molecular flexibility index (Phi) is 5.04. The minimum absolute atomic E-state index is 0.0993. The van der Waals surface area contributed by atoms with Crippen molar-refractivity contribution in [2.45, 2.75) is 19.3 Å². The van der Waals surface area contributed by atoms with Crippen LogP contribution in [0.5, 0.6) is 0 Å². The molecular weight excluding hydrogens is 323 g/mol. The fraction of sp³-hybridized carbons (Fsp3) is 0.188. The lowest BCUT2D eigenvalue weighted by molar-refractivity contribution is -0.139. The number of alkyl halides is 3. The average molecular weight is 335 g/mol. The van der Waals surface area contributed by atoms with Gasteiger partial charge in [0.25, 0.3) is 5.56 Å². The smallest absolute Gasteiger partial charge is 0.350 e. The minimum Gasteiger partial charge on any atom is -0.350 e. The quantitative estimate of drug-likeness (QED) is 0.929. The van der Waals surface area contributed by atoms with Gasteiger partial charge in [0, 0.05) is 12.7 Å². The summed E-state index contributed by atoms with van der Waals surface area (Å²) in [7, 11) is 0. The number of rotatable bonds is 4. The highest BCUT2D eigenvalue weighted by molar-refractivity contribution is 5.75. The topological polar surface area (TPSA) is 74.9 Å². The zero-order valence-corrected chi connectivity index (χ0v) is 12.3. The first kappa shape index (κ1) is 17.3. The molecule has 1 amide bonds. The number of hydrogen-bond acceptors (Lipinski definition) is 3. The van der Waals surface area contributed by atoms with Crippen LogP contribution in [0.1, 0.15) is 16.7 Å². The molecule has 0 saturated carbocycles. The summed E-state index contributed by atoms with van der Waals surface area (Å²) >= 11 is 0. The molecular formula is C16H12F3N3O2. The fourth-order valence-electron chi connectivity index (χ4n) is 2.04. The van der Waals surface area contributed by atoms with E-state index in [0.29, 0.717) is 21.8 Å². The summed E-state index contributed by atoms with van der Waals surface area (Å²) in [6, 6.07) is 10.2. The van der Waals surface area contributed by atoms with Crippen molar-refractivity contribution in [3.63, 3.8) is 0 Å². The lowest BCUT2D eigenvalue weighted by Gasteiger charge is -2.10. The Labute approximate surface area is 135 Å². The van der Waals surface area contributed by atoms with E-state index in [9.17, 15) is 22.8 Å². The van der Waals surface area contributed by atoms with E-state index in [2.05, 4.69) is 5.32 Å². The van der Waals surface area contributed by atoms with Crippen molar-refractivity contribution in [1.29, 1.82) is 5.26 Å². The van der Waals surface area contributed by atoms with Crippen LogP contribution in [-0.2, 0) is 24.1 Å². The van der Waals surface area contributed by atoms with Gasteiger partial charge in [-0.25, -0.2) is 0 Å². The Morgan fingerprint density at radius 1 is 1.25 bits per heavy atom. The molecule has 1 aromatic heterocycles. The molecule has 1 aromatic carbocycles. The maximum absolute atomic E-state index is 12.7. The van der Waals surface area contributed by atoms with Gasteiger partial charge in [-0.1, -0.05) is 12.1 Å². The number of pyridine rings is 1. The van der Waals surface area contributed by atoms with Gasteiger partial charge in [-0.05, 0) is 29.8 Å². The fourth-order valence-corrected chi connectivity index (χ4v) is 2.04. The Morgan fingerprint density at radius 3 is 2.67 bits per heavy atom. The van der Waals surface area contributed by atoms with Crippen LogP contribution in [0.2, 0.25) is 0 Å². The lowest BCUT2D eigenvalue weighted by atomic mass is 10.1. The lowest BCUT2D eigenvalue weighted by Crippen LogP contribution is -2.34. The predicted octanol–water partition coefficient (Wildman–Crippen LogP) is 2.06. The molecule has 0 aliphatic rings. The molecule has 0 unspecified atom stereocenters. The molecule has 2 aromatic rings. The number of aromatic nitrogens is 1. The third-order valence-electron chi connectivity index (χ3n) is 3.19. The van der Waals surface area contributed by atoms with Gasteiger partial charge < -0.3 is 9.88 Å². The van der Waals surface area contributed by atoms with Gasteiger partial charge in [-0.2, -0.15) is 18.4 Å². The van der Waals surface area contributed by atoms with E-state index < -0.39 is 29.8 Å². The maximum Gasteiger partial charge on any atom is 0.421 e. The third-order valence-corrected chi connectivity index (χ3v) is 3.19. The van der Waals surface area contributed by atoms with Crippen LogP contribution < -0.4 is 10.9 Å². The summed E-state index contributed by atoms with van der Waals surface area (Å²) in [4.78, 5) is 23.6. The number of benzene rings is 1. The van der Waals surface area contributed by atoms with Gasteiger partial charge in [-0.15, -0.1) is 0 Å². The monoisotopic (exact) mass is 335 g/mol. The Hall–Kier alpha value is -3.08. The van der Waals surface area contributed by atoms with Crippen LogP contribution in [-0.4, -0.2) is 10.5 Å². The zero-order valence-electron chi connectivity index (χ0n) is 12.3. The molecule has 0 spiro atoms. The number of nitrogens with one attached hydrogen (secondary N) is 1. The number of carbonyl (C=O) groups excluding carboxylic acids is 1. The standard InChI is InChI=1S/C16H12F3N3O2/c17-16(18,19)13-5-2-6-22(15(13)24)10-14(23)21-9-12-4-1-3-11(7-12)8-20/h1-7H,9-10H2,(H,21,23). The van der Waals surface area contributed by atoms with Gasteiger partial charge in [0.15, 0.2) is 0 Å². The van der Waals surface area contributed by atoms with Crippen molar-refractivity contribution in [3.05, 3.63) is 69.6 Å². The van der Waals surface area contributed by atoms with Crippen LogP contribution in [0.25, 0.3) is 0 Å². The van der Waals surface area contributed by atoms with Crippen molar-refractivity contribution in [1.82, 2.24) is 9.88 Å². The molecule has 1 heterocycles. The number of nitriles is 1. The second-order valence-electron chi connectivity index (χ2n) is 4.94. The average Bonchev–Trinajstić information content (AvgIpc) is 2.54. The zero-order chi connectivity index (χ0) is 17.7. The highest BCUT2D eigenvalue weighted by atomic mass is 19.4. The number of carbonyl (C=O) groups is 1. The molecule has 0 aliphatic heterocycles. The predicted molar refractivity (Wildman–Crippen MR) is 78.7 cm³/mol. The number of amides is 1. The van der Waals surface area contributed by atoms with Crippen LogP contribution in [0, 0.1) is 11.3 Å². The first-order chi connectivity index (χ1) is 11.3. The van der Waals surface area contributed by atoms with Crippen molar-refractivity contribution in [2.24, 2.45) is 0 Å².